The molecule has 4 rings (SSSR count). The second-order valence-corrected chi connectivity index (χ2v) is 20.3. The molecule has 0 atom stereocenters. The summed E-state index contributed by atoms with van der Waals surface area (Å²) in [5.74, 6) is 0. The maximum absolute atomic E-state index is 5.70. The summed E-state index contributed by atoms with van der Waals surface area (Å²) >= 11 is 3.84. The zero-order valence-corrected chi connectivity index (χ0v) is 41.3. The molecule has 0 unspecified atom stereocenters. The molecule has 0 fully saturated rings. The molecule has 4 heteroatoms. The van der Waals surface area contributed by atoms with Crippen LogP contribution in [0.15, 0.2) is 35.0 Å². The number of benzene rings is 1. The average molecular weight is 855 g/mol. The molecule has 0 N–H and O–H groups in total. The van der Waals surface area contributed by atoms with Gasteiger partial charge in [0.2, 0.25) is 0 Å². The van der Waals surface area contributed by atoms with Crippen molar-refractivity contribution in [3.63, 3.8) is 0 Å². The van der Waals surface area contributed by atoms with Crippen molar-refractivity contribution >= 4 is 33.7 Å². The van der Waals surface area contributed by atoms with Gasteiger partial charge in [-0.15, -0.1) is 22.7 Å². The second kappa shape index (κ2) is 32.6. The van der Waals surface area contributed by atoms with Crippen molar-refractivity contribution in [1.29, 1.82) is 0 Å². The van der Waals surface area contributed by atoms with Crippen molar-refractivity contribution in [3.8, 4) is 20.9 Å². The average Bonchev–Trinajstić information content (AvgIpc) is 3.94. The predicted molar refractivity (Wildman–Crippen MR) is 271 cm³/mol. The number of aromatic nitrogens is 2. The summed E-state index contributed by atoms with van der Waals surface area (Å²) in [5, 5.41) is 4.86. The van der Waals surface area contributed by atoms with Crippen LogP contribution in [0, 0.1) is 0 Å². The fourth-order valence-corrected chi connectivity index (χ4v) is 11.0. The molecule has 0 saturated heterocycles. The predicted octanol–water partition coefficient (Wildman–Crippen LogP) is 19.8. The van der Waals surface area contributed by atoms with E-state index in [2.05, 4.69) is 62.7 Å². The van der Waals surface area contributed by atoms with Gasteiger partial charge in [-0.05, 0) is 85.4 Å². The zero-order chi connectivity index (χ0) is 42.3. The molecule has 0 spiro atoms. The Labute approximate surface area is 379 Å². The summed E-state index contributed by atoms with van der Waals surface area (Å²) < 4.78 is 0. The topological polar surface area (TPSA) is 25.8 Å². The number of hydrogen-bond acceptors (Lipinski definition) is 4. The third-order valence-corrected chi connectivity index (χ3v) is 15.0. The number of unbranched alkanes of at least 4 members (excludes halogenated alkanes) is 28. The highest BCUT2D eigenvalue weighted by molar-refractivity contribution is 7.14. The van der Waals surface area contributed by atoms with Crippen LogP contribution in [-0.4, -0.2) is 9.97 Å². The third kappa shape index (κ3) is 19.6. The van der Waals surface area contributed by atoms with Gasteiger partial charge >= 0.3 is 0 Å². The van der Waals surface area contributed by atoms with E-state index < -0.39 is 0 Å². The normalized spacial score (nSPS) is 11.7. The monoisotopic (exact) mass is 855 g/mol. The quantitative estimate of drug-likeness (QED) is 0.0420. The van der Waals surface area contributed by atoms with Gasteiger partial charge in [-0.1, -0.05) is 220 Å². The first-order valence-corrected chi connectivity index (χ1v) is 27.9. The fraction of sp³-hybridized carbons (Fsp3) is 0.714. The molecule has 0 saturated carbocycles. The lowest BCUT2D eigenvalue weighted by molar-refractivity contribution is 0.556. The van der Waals surface area contributed by atoms with Crippen molar-refractivity contribution < 1.29 is 0 Å². The number of hydrogen-bond donors (Lipinski definition) is 0. The van der Waals surface area contributed by atoms with Gasteiger partial charge in [-0.3, -0.25) is 0 Å². The largest absolute Gasteiger partial charge is 0.249 e. The molecule has 2 nitrogen and oxygen atoms in total. The highest BCUT2D eigenvalue weighted by Crippen LogP contribution is 2.39. The minimum absolute atomic E-state index is 1.06. The standard InChI is InChI=1S/C56H90N2S2/c1-5-9-13-17-21-23-25-27-29-33-37-47-43-53(59-45-47)49-41-42-50(54-44-48(46-60-54)38-34-30-28-26-24-22-18-14-10-6-2)56-55(49)57-51(39-35-31-19-15-11-7-3)52(58-56)40-36-32-20-16-12-8-4/h41-46H,5-40H2,1-4H3. The Bertz CT molecular complexity index is 1530. The van der Waals surface area contributed by atoms with Crippen LogP contribution >= 0.6 is 22.7 Å². The Balaban J connectivity index is 1.50. The second-order valence-electron chi connectivity index (χ2n) is 18.5. The Hall–Kier alpha value is -2.04. The van der Waals surface area contributed by atoms with Gasteiger partial charge in [0.15, 0.2) is 0 Å². The van der Waals surface area contributed by atoms with E-state index in [9.17, 15) is 0 Å². The molecule has 0 aliphatic rings. The van der Waals surface area contributed by atoms with E-state index >= 15 is 0 Å². The lowest BCUT2D eigenvalue weighted by Gasteiger charge is -2.14. The lowest BCUT2D eigenvalue weighted by Crippen LogP contribution is -2.05. The van der Waals surface area contributed by atoms with Gasteiger partial charge in [0.25, 0.3) is 0 Å². The molecule has 0 aliphatic heterocycles. The van der Waals surface area contributed by atoms with E-state index in [0.29, 0.717) is 0 Å². The van der Waals surface area contributed by atoms with Gasteiger partial charge < -0.3 is 0 Å². The Morgan fingerprint density at radius 1 is 0.333 bits per heavy atom. The van der Waals surface area contributed by atoms with Gasteiger partial charge in [-0.2, -0.15) is 0 Å². The minimum atomic E-state index is 1.06. The maximum atomic E-state index is 5.70. The van der Waals surface area contributed by atoms with Crippen LogP contribution in [-0.2, 0) is 25.7 Å². The summed E-state index contributed by atoms with van der Waals surface area (Å²) in [6.07, 6.45) is 48.1. The van der Waals surface area contributed by atoms with Crippen LogP contribution in [0.4, 0.5) is 0 Å². The molecule has 0 radical (unpaired) electrons. The molecule has 0 bridgehead atoms. The first-order chi connectivity index (χ1) is 29.7. The fourth-order valence-electron chi connectivity index (χ4n) is 9.08. The summed E-state index contributed by atoms with van der Waals surface area (Å²) in [5.41, 5.74) is 10.4. The molecule has 1 aromatic carbocycles. The van der Waals surface area contributed by atoms with Crippen LogP contribution in [0.2, 0.25) is 0 Å². The lowest BCUT2D eigenvalue weighted by atomic mass is 10.00. The molecular formula is C56H90N2S2. The molecule has 0 amide bonds. The molecule has 3 heterocycles. The van der Waals surface area contributed by atoms with Crippen LogP contribution in [0.1, 0.15) is 256 Å². The Kier molecular flexibility index (Phi) is 27.5. The third-order valence-electron chi connectivity index (χ3n) is 13.0. The van der Waals surface area contributed by atoms with Gasteiger partial charge in [-0.25, -0.2) is 9.97 Å². The summed E-state index contributed by atoms with van der Waals surface area (Å²) in [6.45, 7) is 9.25. The van der Waals surface area contributed by atoms with Crippen molar-refractivity contribution in [2.24, 2.45) is 0 Å². The van der Waals surface area contributed by atoms with Gasteiger partial charge in [0.05, 0.1) is 22.4 Å². The minimum Gasteiger partial charge on any atom is -0.249 e. The number of aryl methyl sites for hydroxylation is 4. The van der Waals surface area contributed by atoms with Gasteiger partial charge in [0, 0.05) is 20.9 Å². The molecule has 4 aromatic rings. The van der Waals surface area contributed by atoms with Crippen LogP contribution < -0.4 is 0 Å². The van der Waals surface area contributed by atoms with E-state index in [1.54, 1.807) is 0 Å². The highest BCUT2D eigenvalue weighted by Gasteiger charge is 2.19. The summed E-state index contributed by atoms with van der Waals surface area (Å²) in [6, 6.07) is 9.77. The molecule has 0 aliphatic carbocycles. The van der Waals surface area contributed by atoms with Gasteiger partial charge in [0.1, 0.15) is 0 Å². The number of fused-ring (bicyclic) bond motifs is 1. The van der Waals surface area contributed by atoms with E-state index in [1.165, 1.54) is 262 Å². The maximum Gasteiger partial charge on any atom is 0.0983 e. The highest BCUT2D eigenvalue weighted by atomic mass is 32.1. The van der Waals surface area contributed by atoms with E-state index in [1.807, 2.05) is 22.7 Å². The summed E-state index contributed by atoms with van der Waals surface area (Å²) in [7, 11) is 0. The van der Waals surface area contributed by atoms with Crippen molar-refractivity contribution in [2.75, 3.05) is 0 Å². The molecular weight excluding hydrogens is 765 g/mol. The molecule has 3 aromatic heterocycles. The van der Waals surface area contributed by atoms with E-state index in [-0.39, 0.29) is 0 Å². The Morgan fingerprint density at radius 2 is 0.600 bits per heavy atom. The van der Waals surface area contributed by atoms with Crippen molar-refractivity contribution in [1.82, 2.24) is 9.97 Å². The summed E-state index contributed by atoms with van der Waals surface area (Å²) in [4.78, 5) is 14.1. The molecule has 60 heavy (non-hydrogen) atoms. The van der Waals surface area contributed by atoms with E-state index in [4.69, 9.17) is 9.97 Å². The number of rotatable bonds is 38. The van der Waals surface area contributed by atoms with Crippen LogP contribution in [0.3, 0.4) is 0 Å². The zero-order valence-electron chi connectivity index (χ0n) is 39.6. The first kappa shape index (κ1) is 50.6. The van der Waals surface area contributed by atoms with Crippen molar-refractivity contribution in [2.45, 2.75) is 259 Å². The first-order valence-electron chi connectivity index (χ1n) is 26.2. The SMILES string of the molecule is CCCCCCCCCCCCc1csc(-c2ccc(-c3cc(CCCCCCCCCCCC)cs3)c3nc(CCCCCCCC)c(CCCCCCCC)nc23)c1. The molecule has 336 valence electrons. The van der Waals surface area contributed by atoms with Crippen LogP contribution in [0.25, 0.3) is 31.9 Å². The smallest absolute Gasteiger partial charge is 0.0983 e. The number of nitrogens with zero attached hydrogens (tertiary/aromatic N) is 2. The Morgan fingerprint density at radius 3 is 0.900 bits per heavy atom. The van der Waals surface area contributed by atoms with Crippen LogP contribution in [0.5, 0.6) is 0 Å². The van der Waals surface area contributed by atoms with E-state index in [0.717, 1.165) is 23.9 Å². The van der Waals surface area contributed by atoms with Crippen molar-refractivity contribution in [3.05, 3.63) is 57.5 Å². The number of thiophene rings is 2.